The summed E-state index contributed by atoms with van der Waals surface area (Å²) in [6.07, 6.45) is 2.66. The van der Waals surface area contributed by atoms with Crippen molar-refractivity contribution in [2.75, 3.05) is 19.6 Å². The van der Waals surface area contributed by atoms with Crippen molar-refractivity contribution in [1.29, 1.82) is 0 Å². The average Bonchev–Trinajstić information content (AvgIpc) is 3.28. The molecule has 0 radical (unpaired) electrons. The Morgan fingerprint density at radius 3 is 2.79 bits per heavy atom. The Labute approximate surface area is 171 Å². The number of benzene rings is 1. The number of amides is 2. The predicted molar refractivity (Wildman–Crippen MR) is 109 cm³/mol. The first-order valence-corrected chi connectivity index (χ1v) is 10.6. The van der Waals surface area contributed by atoms with Gasteiger partial charge in [0.2, 0.25) is 11.8 Å². The minimum atomic E-state index is -0.229. The van der Waals surface area contributed by atoms with Gasteiger partial charge in [0.05, 0.1) is 12.5 Å². The maximum atomic E-state index is 13.0. The molecule has 1 saturated heterocycles. The van der Waals surface area contributed by atoms with Gasteiger partial charge in [-0.2, -0.15) is 0 Å². The van der Waals surface area contributed by atoms with Crippen LogP contribution >= 0.6 is 0 Å². The Balaban J connectivity index is 1.35. The van der Waals surface area contributed by atoms with Gasteiger partial charge in [-0.3, -0.25) is 9.59 Å². The summed E-state index contributed by atoms with van der Waals surface area (Å²) in [6.45, 7) is 6.57. The second-order valence-corrected chi connectivity index (χ2v) is 8.57. The van der Waals surface area contributed by atoms with E-state index in [0.717, 1.165) is 36.7 Å². The lowest BCUT2D eigenvalue weighted by molar-refractivity contribution is -0.136. The van der Waals surface area contributed by atoms with E-state index in [1.807, 2.05) is 28.0 Å². The molecule has 154 valence electrons. The van der Waals surface area contributed by atoms with Gasteiger partial charge in [-0.05, 0) is 17.9 Å². The fraction of sp³-hybridized carbons (Fsp3) is 0.522. The van der Waals surface area contributed by atoms with Gasteiger partial charge in [0.15, 0.2) is 5.89 Å². The van der Waals surface area contributed by atoms with Gasteiger partial charge in [0.1, 0.15) is 11.5 Å². The molecule has 29 heavy (non-hydrogen) atoms. The first-order valence-electron chi connectivity index (χ1n) is 10.6. The third-order valence-electron chi connectivity index (χ3n) is 5.70. The predicted octanol–water partition coefficient (Wildman–Crippen LogP) is 2.85. The molecular weight excluding hydrogens is 366 g/mol. The van der Waals surface area contributed by atoms with E-state index in [-0.39, 0.29) is 17.7 Å². The third-order valence-corrected chi connectivity index (χ3v) is 5.70. The fourth-order valence-corrected chi connectivity index (χ4v) is 4.26. The molecule has 6 heteroatoms. The van der Waals surface area contributed by atoms with Gasteiger partial charge in [-0.1, -0.05) is 44.2 Å². The molecule has 1 fully saturated rings. The van der Waals surface area contributed by atoms with E-state index in [4.69, 9.17) is 4.42 Å². The molecule has 2 amide bonds. The number of hydrogen-bond donors (Lipinski definition) is 0. The van der Waals surface area contributed by atoms with Gasteiger partial charge in [0, 0.05) is 38.9 Å². The molecule has 2 aromatic rings. The summed E-state index contributed by atoms with van der Waals surface area (Å²) in [5.74, 6) is 2.00. The molecular formula is C23H29N3O3. The van der Waals surface area contributed by atoms with E-state index >= 15 is 0 Å². The zero-order chi connectivity index (χ0) is 20.4. The van der Waals surface area contributed by atoms with E-state index in [1.165, 1.54) is 5.56 Å². The van der Waals surface area contributed by atoms with E-state index in [0.29, 0.717) is 38.4 Å². The molecule has 1 aromatic heterocycles. The highest BCUT2D eigenvalue weighted by Gasteiger charge is 2.38. The van der Waals surface area contributed by atoms with Crippen molar-refractivity contribution >= 4 is 11.8 Å². The third kappa shape index (κ3) is 4.52. The minimum Gasteiger partial charge on any atom is -0.445 e. The lowest BCUT2D eigenvalue weighted by Crippen LogP contribution is -2.40. The summed E-state index contributed by atoms with van der Waals surface area (Å²) in [4.78, 5) is 33.6. The Kier molecular flexibility index (Phi) is 5.69. The van der Waals surface area contributed by atoms with E-state index in [9.17, 15) is 9.59 Å². The Bertz CT molecular complexity index is 875. The van der Waals surface area contributed by atoms with Crippen LogP contribution in [0.2, 0.25) is 0 Å². The SMILES string of the molecule is CC(C)CN1CC(C(=O)N2CCc3oc(CCc4ccccc4)nc3C2)CC1=O. The van der Waals surface area contributed by atoms with Gasteiger partial charge in [-0.25, -0.2) is 4.98 Å². The smallest absolute Gasteiger partial charge is 0.228 e. The number of aromatic nitrogens is 1. The number of rotatable bonds is 6. The molecule has 1 atom stereocenters. The van der Waals surface area contributed by atoms with Crippen LogP contribution in [-0.2, 0) is 35.4 Å². The summed E-state index contributed by atoms with van der Waals surface area (Å²) < 4.78 is 5.95. The molecule has 3 heterocycles. The van der Waals surface area contributed by atoms with Crippen molar-refractivity contribution in [3.63, 3.8) is 0 Å². The molecule has 0 N–H and O–H groups in total. The van der Waals surface area contributed by atoms with Crippen LogP contribution < -0.4 is 0 Å². The molecule has 4 rings (SSSR count). The normalized spacial score (nSPS) is 19.1. The number of carbonyl (C=O) groups is 2. The zero-order valence-corrected chi connectivity index (χ0v) is 17.3. The Morgan fingerprint density at radius 2 is 2.03 bits per heavy atom. The van der Waals surface area contributed by atoms with Crippen molar-refractivity contribution < 1.29 is 14.0 Å². The van der Waals surface area contributed by atoms with Crippen LogP contribution in [-0.4, -0.2) is 46.2 Å². The minimum absolute atomic E-state index is 0.0732. The van der Waals surface area contributed by atoms with Gasteiger partial charge >= 0.3 is 0 Å². The fourth-order valence-electron chi connectivity index (χ4n) is 4.26. The van der Waals surface area contributed by atoms with Crippen LogP contribution in [0.25, 0.3) is 0 Å². The summed E-state index contributed by atoms with van der Waals surface area (Å²) >= 11 is 0. The van der Waals surface area contributed by atoms with Gasteiger partial charge in [-0.15, -0.1) is 0 Å². The quantitative estimate of drug-likeness (QED) is 0.754. The van der Waals surface area contributed by atoms with Crippen LogP contribution in [0.15, 0.2) is 34.7 Å². The first kappa shape index (κ1) is 19.7. The number of aryl methyl sites for hydroxylation is 2. The summed E-state index contributed by atoms with van der Waals surface area (Å²) in [6, 6.07) is 10.3. The van der Waals surface area contributed by atoms with Crippen molar-refractivity contribution in [1.82, 2.24) is 14.8 Å². The molecule has 0 bridgehead atoms. The average molecular weight is 396 g/mol. The topological polar surface area (TPSA) is 66.7 Å². The number of hydrogen-bond acceptors (Lipinski definition) is 4. The zero-order valence-electron chi connectivity index (χ0n) is 17.3. The lowest BCUT2D eigenvalue weighted by Gasteiger charge is -2.28. The maximum Gasteiger partial charge on any atom is 0.228 e. The van der Waals surface area contributed by atoms with Crippen LogP contribution in [0.3, 0.4) is 0 Å². The van der Waals surface area contributed by atoms with Crippen LogP contribution in [0, 0.1) is 11.8 Å². The number of likely N-dealkylation sites (tertiary alicyclic amines) is 1. The van der Waals surface area contributed by atoms with Crippen LogP contribution in [0.4, 0.5) is 0 Å². The van der Waals surface area contributed by atoms with Crippen molar-refractivity contribution in [3.05, 3.63) is 53.2 Å². The Hall–Kier alpha value is -2.63. The van der Waals surface area contributed by atoms with Crippen molar-refractivity contribution in [3.8, 4) is 0 Å². The van der Waals surface area contributed by atoms with Crippen LogP contribution in [0.1, 0.15) is 43.2 Å². The van der Waals surface area contributed by atoms with E-state index in [1.54, 1.807) is 0 Å². The largest absolute Gasteiger partial charge is 0.445 e. The number of fused-ring (bicyclic) bond motifs is 1. The second-order valence-electron chi connectivity index (χ2n) is 8.57. The molecule has 6 nitrogen and oxygen atoms in total. The lowest BCUT2D eigenvalue weighted by atomic mass is 10.0. The highest BCUT2D eigenvalue weighted by atomic mass is 16.4. The molecule has 0 aliphatic carbocycles. The van der Waals surface area contributed by atoms with Crippen LogP contribution in [0.5, 0.6) is 0 Å². The molecule has 2 aliphatic rings. The standard InChI is InChI=1S/C23H29N3O3/c1-16(2)13-26-14-18(12-22(26)27)23(28)25-11-10-20-19(15-25)24-21(29-20)9-8-17-6-4-3-5-7-17/h3-7,16,18H,8-15H2,1-2H3. The molecule has 1 unspecified atom stereocenters. The van der Waals surface area contributed by atoms with E-state index in [2.05, 4.69) is 31.0 Å². The number of carbonyl (C=O) groups excluding carboxylic acids is 2. The molecule has 0 spiro atoms. The first-order chi connectivity index (χ1) is 14.0. The van der Waals surface area contributed by atoms with E-state index < -0.39 is 0 Å². The van der Waals surface area contributed by atoms with Gasteiger partial charge < -0.3 is 14.2 Å². The summed E-state index contributed by atoms with van der Waals surface area (Å²) in [5.41, 5.74) is 2.13. The molecule has 1 aromatic carbocycles. The highest BCUT2D eigenvalue weighted by molar-refractivity contribution is 5.89. The molecule has 0 saturated carbocycles. The van der Waals surface area contributed by atoms with Gasteiger partial charge in [0.25, 0.3) is 0 Å². The summed E-state index contributed by atoms with van der Waals surface area (Å²) in [7, 11) is 0. The number of oxazole rings is 1. The maximum absolute atomic E-state index is 13.0. The van der Waals surface area contributed by atoms with Crippen molar-refractivity contribution in [2.45, 2.75) is 46.1 Å². The molecule has 2 aliphatic heterocycles. The Morgan fingerprint density at radius 1 is 1.24 bits per heavy atom. The monoisotopic (exact) mass is 395 g/mol. The number of nitrogens with zero attached hydrogens (tertiary/aromatic N) is 3. The highest BCUT2D eigenvalue weighted by Crippen LogP contribution is 2.26. The van der Waals surface area contributed by atoms with Crippen molar-refractivity contribution in [2.24, 2.45) is 11.8 Å². The summed E-state index contributed by atoms with van der Waals surface area (Å²) in [5, 5.41) is 0. The second kappa shape index (κ2) is 8.39.